The van der Waals surface area contributed by atoms with Crippen molar-refractivity contribution in [1.29, 1.82) is 0 Å². The van der Waals surface area contributed by atoms with Crippen molar-refractivity contribution in [3.05, 3.63) is 59.3 Å². The molecule has 1 aromatic carbocycles. The van der Waals surface area contributed by atoms with Crippen molar-refractivity contribution in [2.24, 2.45) is 0 Å². The number of nitrogens with zero attached hydrogens (tertiary/aromatic N) is 2. The molecule has 1 aliphatic rings. The maximum Gasteiger partial charge on any atom is 0.256 e. The first kappa shape index (κ1) is 12.2. The normalized spacial score (nSPS) is 14.1. The summed E-state index contributed by atoms with van der Waals surface area (Å²) in [5.41, 5.74) is 3.13. The molecular weight excluding hydrogens is 260 g/mol. The minimum absolute atomic E-state index is 0.457. The van der Waals surface area contributed by atoms with Crippen molar-refractivity contribution in [3.8, 4) is 0 Å². The van der Waals surface area contributed by atoms with E-state index in [-0.39, 0.29) is 0 Å². The Balaban J connectivity index is 1.95. The van der Waals surface area contributed by atoms with Gasteiger partial charge in [0.1, 0.15) is 5.82 Å². The third kappa shape index (κ3) is 2.34. The number of pyridine rings is 1. The summed E-state index contributed by atoms with van der Waals surface area (Å²) < 4.78 is 0. The third-order valence-electron chi connectivity index (χ3n) is 3.43. The van der Waals surface area contributed by atoms with Crippen molar-refractivity contribution >= 4 is 22.7 Å². The molecule has 0 radical (unpaired) electrons. The maximum absolute atomic E-state index is 11.5. The third-order valence-corrected chi connectivity index (χ3v) is 3.63. The summed E-state index contributed by atoms with van der Waals surface area (Å²) in [5.74, 6) is 0.678. The number of anilines is 1. The number of hydrogen-bond donors (Lipinski definition) is 0. The maximum atomic E-state index is 11.5. The predicted octanol–water partition coefficient (Wildman–Crippen LogP) is 3.02. The van der Waals surface area contributed by atoms with E-state index in [2.05, 4.69) is 28.1 Å². The fraction of sp³-hybridized carbons (Fsp3) is 0.200. The van der Waals surface area contributed by atoms with Gasteiger partial charge in [0.2, 0.25) is 0 Å². The SMILES string of the molecule is O=C(Cl)c1cccnc1N1CCc2ccccc2C1. The van der Waals surface area contributed by atoms with E-state index in [0.717, 1.165) is 19.5 Å². The minimum Gasteiger partial charge on any atom is -0.351 e. The second-order valence-electron chi connectivity index (χ2n) is 4.59. The Hall–Kier alpha value is -1.87. The molecule has 2 aromatic rings. The van der Waals surface area contributed by atoms with E-state index < -0.39 is 5.24 Å². The molecule has 0 unspecified atom stereocenters. The summed E-state index contributed by atoms with van der Waals surface area (Å²) >= 11 is 5.62. The smallest absolute Gasteiger partial charge is 0.256 e. The first-order valence-electron chi connectivity index (χ1n) is 6.22. The van der Waals surface area contributed by atoms with E-state index in [1.807, 2.05) is 6.07 Å². The zero-order valence-corrected chi connectivity index (χ0v) is 11.1. The molecule has 0 saturated carbocycles. The molecule has 0 fully saturated rings. The monoisotopic (exact) mass is 272 g/mol. The number of fused-ring (bicyclic) bond motifs is 1. The van der Waals surface area contributed by atoms with Gasteiger partial charge in [-0.05, 0) is 41.3 Å². The van der Waals surface area contributed by atoms with Crippen LogP contribution >= 0.6 is 11.6 Å². The molecule has 0 atom stereocenters. The largest absolute Gasteiger partial charge is 0.351 e. The first-order chi connectivity index (χ1) is 9.25. The van der Waals surface area contributed by atoms with Gasteiger partial charge in [0.05, 0.1) is 5.56 Å². The van der Waals surface area contributed by atoms with Gasteiger partial charge in [-0.3, -0.25) is 4.79 Å². The van der Waals surface area contributed by atoms with Crippen molar-refractivity contribution in [2.75, 3.05) is 11.4 Å². The number of hydrogen-bond acceptors (Lipinski definition) is 3. The molecule has 0 N–H and O–H groups in total. The summed E-state index contributed by atoms with van der Waals surface area (Å²) in [5, 5.41) is -0.457. The van der Waals surface area contributed by atoms with Crippen LogP contribution in [-0.2, 0) is 13.0 Å². The van der Waals surface area contributed by atoms with E-state index in [9.17, 15) is 4.79 Å². The topological polar surface area (TPSA) is 33.2 Å². The van der Waals surface area contributed by atoms with E-state index >= 15 is 0 Å². The average Bonchev–Trinajstić information content (AvgIpc) is 2.46. The van der Waals surface area contributed by atoms with E-state index in [1.54, 1.807) is 18.3 Å². The van der Waals surface area contributed by atoms with Gasteiger partial charge in [-0.1, -0.05) is 24.3 Å². The van der Waals surface area contributed by atoms with Crippen LogP contribution in [0.2, 0.25) is 0 Å². The molecule has 3 nitrogen and oxygen atoms in total. The lowest BCUT2D eigenvalue weighted by molar-refractivity contribution is 0.108. The number of aromatic nitrogens is 1. The number of carbonyl (C=O) groups is 1. The number of rotatable bonds is 2. The summed E-state index contributed by atoms with van der Waals surface area (Å²) in [4.78, 5) is 17.9. The molecule has 2 heterocycles. The van der Waals surface area contributed by atoms with Crippen LogP contribution in [0.15, 0.2) is 42.6 Å². The quantitative estimate of drug-likeness (QED) is 0.788. The average molecular weight is 273 g/mol. The van der Waals surface area contributed by atoms with Crippen molar-refractivity contribution < 1.29 is 4.79 Å². The second-order valence-corrected chi connectivity index (χ2v) is 4.93. The van der Waals surface area contributed by atoms with Crippen LogP contribution < -0.4 is 4.90 Å². The Bertz CT molecular complexity index is 627. The van der Waals surface area contributed by atoms with Crippen molar-refractivity contribution in [2.45, 2.75) is 13.0 Å². The Labute approximate surface area is 116 Å². The Kier molecular flexibility index (Phi) is 3.22. The molecule has 0 saturated heterocycles. The zero-order chi connectivity index (χ0) is 13.2. The lowest BCUT2D eigenvalue weighted by atomic mass is 9.99. The Morgan fingerprint density at radius 2 is 1.95 bits per heavy atom. The number of benzene rings is 1. The van der Waals surface area contributed by atoms with Gasteiger partial charge in [0, 0.05) is 19.3 Å². The molecule has 0 aliphatic carbocycles. The summed E-state index contributed by atoms with van der Waals surface area (Å²) in [6.45, 7) is 1.62. The van der Waals surface area contributed by atoms with Gasteiger partial charge in [-0.2, -0.15) is 0 Å². The molecular formula is C15H13ClN2O. The van der Waals surface area contributed by atoms with Crippen LogP contribution in [0.5, 0.6) is 0 Å². The van der Waals surface area contributed by atoms with Crippen LogP contribution in [-0.4, -0.2) is 16.8 Å². The standard InChI is InChI=1S/C15H13ClN2O/c16-14(19)13-6-3-8-17-15(13)18-9-7-11-4-1-2-5-12(11)10-18/h1-6,8H,7,9-10H2. The molecule has 96 valence electrons. The van der Waals surface area contributed by atoms with Gasteiger partial charge in [-0.25, -0.2) is 4.98 Å². The second kappa shape index (κ2) is 5.02. The van der Waals surface area contributed by atoms with Crippen LogP contribution in [0.3, 0.4) is 0 Å². The van der Waals surface area contributed by atoms with E-state index in [0.29, 0.717) is 11.4 Å². The Morgan fingerprint density at radius 3 is 2.74 bits per heavy atom. The number of halogens is 1. The van der Waals surface area contributed by atoms with Crippen molar-refractivity contribution in [1.82, 2.24) is 4.98 Å². The van der Waals surface area contributed by atoms with Gasteiger partial charge in [0.25, 0.3) is 5.24 Å². The molecule has 1 aromatic heterocycles. The molecule has 3 rings (SSSR count). The van der Waals surface area contributed by atoms with E-state index in [4.69, 9.17) is 11.6 Å². The Morgan fingerprint density at radius 1 is 1.16 bits per heavy atom. The lowest BCUT2D eigenvalue weighted by Gasteiger charge is -2.30. The van der Waals surface area contributed by atoms with Crippen LogP contribution in [0.1, 0.15) is 21.5 Å². The molecule has 0 spiro atoms. The summed E-state index contributed by atoms with van der Waals surface area (Å²) in [6, 6.07) is 11.8. The molecule has 4 heteroatoms. The van der Waals surface area contributed by atoms with Crippen LogP contribution in [0.25, 0.3) is 0 Å². The molecule has 1 aliphatic heterocycles. The number of carbonyl (C=O) groups excluding carboxylic acids is 1. The highest BCUT2D eigenvalue weighted by Gasteiger charge is 2.21. The fourth-order valence-corrected chi connectivity index (χ4v) is 2.63. The van der Waals surface area contributed by atoms with Gasteiger partial charge in [0.15, 0.2) is 0 Å². The highest BCUT2D eigenvalue weighted by atomic mass is 35.5. The highest BCUT2D eigenvalue weighted by molar-refractivity contribution is 6.68. The zero-order valence-electron chi connectivity index (χ0n) is 10.3. The van der Waals surface area contributed by atoms with Gasteiger partial charge < -0.3 is 4.90 Å². The van der Waals surface area contributed by atoms with Gasteiger partial charge in [-0.15, -0.1) is 0 Å². The fourth-order valence-electron chi connectivity index (χ4n) is 2.48. The van der Waals surface area contributed by atoms with Crippen LogP contribution in [0, 0.1) is 0 Å². The molecule has 0 amide bonds. The predicted molar refractivity (Wildman–Crippen MR) is 75.6 cm³/mol. The summed E-state index contributed by atoms with van der Waals surface area (Å²) in [7, 11) is 0. The minimum atomic E-state index is -0.457. The van der Waals surface area contributed by atoms with E-state index in [1.165, 1.54) is 11.1 Å². The van der Waals surface area contributed by atoms with Crippen molar-refractivity contribution in [3.63, 3.8) is 0 Å². The lowest BCUT2D eigenvalue weighted by Crippen LogP contribution is -2.32. The molecule has 19 heavy (non-hydrogen) atoms. The summed E-state index contributed by atoms with van der Waals surface area (Å²) in [6.07, 6.45) is 2.65. The highest BCUT2D eigenvalue weighted by Crippen LogP contribution is 2.26. The van der Waals surface area contributed by atoms with Crippen LogP contribution in [0.4, 0.5) is 5.82 Å². The van der Waals surface area contributed by atoms with Gasteiger partial charge >= 0.3 is 0 Å². The first-order valence-corrected chi connectivity index (χ1v) is 6.60. The molecule has 0 bridgehead atoms.